The fraction of sp³-hybridized carbons (Fsp3) is 0. The quantitative estimate of drug-likeness (QED) is 0.160. The average molecular weight is 263 g/mol. The molecule has 0 aliphatic carbocycles. The molecule has 0 atom stereocenters. The van der Waals surface area contributed by atoms with Crippen LogP contribution in [-0.4, -0.2) is 27.4 Å². The van der Waals surface area contributed by atoms with E-state index in [1.807, 2.05) is 0 Å². The van der Waals surface area contributed by atoms with Crippen molar-refractivity contribution in [3.63, 3.8) is 0 Å². The van der Waals surface area contributed by atoms with Crippen LogP contribution in [0, 0.1) is 0 Å². The summed E-state index contributed by atoms with van der Waals surface area (Å²) >= 11 is 0. The van der Waals surface area contributed by atoms with Gasteiger partial charge in [0.05, 0.1) is 16.5 Å². The number of phenolic OH excluding ortho intramolecular Hbond substituents is 2. The predicted molar refractivity (Wildman–Crippen MR) is 64.9 cm³/mol. The highest BCUT2D eigenvalue weighted by atomic mass is 16.3. The summed E-state index contributed by atoms with van der Waals surface area (Å²) in [5.41, 5.74) is 0.394. The number of aldehydes is 1. The van der Waals surface area contributed by atoms with Crippen molar-refractivity contribution in [2.75, 3.05) is 0 Å². The van der Waals surface area contributed by atoms with Crippen LogP contribution in [0.25, 0.3) is 10.9 Å². The van der Waals surface area contributed by atoms with Crippen LogP contribution in [0.5, 0.6) is 11.5 Å². The SMILES string of the molecule is NNC(=O)c1[nH]c2cc(O)c(O)cc2c(=O)c1C=O. The first-order valence-electron chi connectivity index (χ1n) is 5.07. The van der Waals surface area contributed by atoms with Gasteiger partial charge < -0.3 is 15.2 Å². The second kappa shape index (κ2) is 4.42. The summed E-state index contributed by atoms with van der Waals surface area (Å²) in [5.74, 6) is 3.12. The zero-order chi connectivity index (χ0) is 14.2. The number of amides is 1. The van der Waals surface area contributed by atoms with Crippen LogP contribution in [-0.2, 0) is 0 Å². The lowest BCUT2D eigenvalue weighted by molar-refractivity contribution is 0.0943. The maximum atomic E-state index is 12.0. The molecule has 8 nitrogen and oxygen atoms in total. The number of aromatic hydroxyl groups is 2. The molecule has 0 bridgehead atoms. The first-order chi connectivity index (χ1) is 8.99. The third-order valence-corrected chi connectivity index (χ3v) is 2.61. The number of nitrogens with one attached hydrogen (secondary N) is 2. The molecule has 1 amide bonds. The Balaban J connectivity index is 2.93. The lowest BCUT2D eigenvalue weighted by atomic mass is 10.1. The van der Waals surface area contributed by atoms with Crippen LogP contribution in [0.3, 0.4) is 0 Å². The summed E-state index contributed by atoms with van der Waals surface area (Å²) in [6.07, 6.45) is 0.215. The molecule has 2 aromatic rings. The van der Waals surface area contributed by atoms with Gasteiger partial charge in [0.2, 0.25) is 5.43 Å². The van der Waals surface area contributed by atoms with Crippen molar-refractivity contribution in [1.82, 2.24) is 10.4 Å². The highest BCUT2D eigenvalue weighted by Crippen LogP contribution is 2.28. The fourth-order valence-electron chi connectivity index (χ4n) is 1.69. The molecule has 19 heavy (non-hydrogen) atoms. The topological polar surface area (TPSA) is 146 Å². The van der Waals surface area contributed by atoms with E-state index in [9.17, 15) is 24.6 Å². The van der Waals surface area contributed by atoms with Gasteiger partial charge in [-0.3, -0.25) is 19.8 Å². The molecule has 0 aliphatic heterocycles. The third kappa shape index (κ3) is 1.89. The second-order valence-corrected chi connectivity index (χ2v) is 3.72. The molecule has 98 valence electrons. The van der Waals surface area contributed by atoms with Gasteiger partial charge >= 0.3 is 0 Å². The Morgan fingerprint density at radius 1 is 1.32 bits per heavy atom. The molecule has 2 rings (SSSR count). The van der Waals surface area contributed by atoms with Gasteiger partial charge in [0.25, 0.3) is 5.91 Å². The van der Waals surface area contributed by atoms with Gasteiger partial charge in [-0.15, -0.1) is 0 Å². The zero-order valence-electron chi connectivity index (χ0n) is 9.43. The number of phenols is 2. The largest absolute Gasteiger partial charge is 0.504 e. The molecule has 8 heteroatoms. The van der Waals surface area contributed by atoms with Gasteiger partial charge in [-0.25, -0.2) is 5.84 Å². The van der Waals surface area contributed by atoms with E-state index in [-0.39, 0.29) is 22.9 Å². The monoisotopic (exact) mass is 263 g/mol. The van der Waals surface area contributed by atoms with Crippen molar-refractivity contribution >= 4 is 23.1 Å². The molecule has 1 aromatic heterocycles. The number of aromatic amines is 1. The van der Waals surface area contributed by atoms with Crippen LogP contribution < -0.4 is 16.7 Å². The van der Waals surface area contributed by atoms with E-state index >= 15 is 0 Å². The fourth-order valence-corrected chi connectivity index (χ4v) is 1.69. The number of H-pyrrole nitrogens is 1. The summed E-state index contributed by atoms with van der Waals surface area (Å²) in [7, 11) is 0. The molecule has 0 fully saturated rings. The lowest BCUT2D eigenvalue weighted by Gasteiger charge is -2.07. The number of nitrogens with two attached hydrogens (primary N) is 1. The van der Waals surface area contributed by atoms with E-state index in [2.05, 4.69) is 4.98 Å². The summed E-state index contributed by atoms with van der Waals surface area (Å²) in [4.78, 5) is 36.9. The van der Waals surface area contributed by atoms with Crippen LogP contribution in [0.2, 0.25) is 0 Å². The predicted octanol–water partition coefficient (Wildman–Crippen LogP) is -0.645. The second-order valence-electron chi connectivity index (χ2n) is 3.72. The maximum Gasteiger partial charge on any atom is 0.282 e. The highest BCUT2D eigenvalue weighted by molar-refractivity contribution is 6.02. The molecule has 0 spiro atoms. The number of benzene rings is 1. The lowest BCUT2D eigenvalue weighted by Crippen LogP contribution is -2.33. The molecule has 0 saturated carbocycles. The van der Waals surface area contributed by atoms with Gasteiger partial charge in [0.1, 0.15) is 5.69 Å². The molecular weight excluding hydrogens is 254 g/mol. The molecular formula is C11H9N3O5. The third-order valence-electron chi connectivity index (χ3n) is 2.61. The van der Waals surface area contributed by atoms with Crippen LogP contribution in [0.1, 0.15) is 20.8 Å². The van der Waals surface area contributed by atoms with Crippen LogP contribution in [0.4, 0.5) is 0 Å². The molecule has 0 aliphatic rings. The Morgan fingerprint density at radius 2 is 1.95 bits per heavy atom. The number of nitrogen functional groups attached to an aromatic ring is 1. The van der Waals surface area contributed by atoms with E-state index in [0.717, 1.165) is 12.1 Å². The van der Waals surface area contributed by atoms with Crippen molar-refractivity contribution in [3.05, 3.63) is 33.6 Å². The molecule has 6 N–H and O–H groups in total. The maximum absolute atomic E-state index is 12.0. The highest BCUT2D eigenvalue weighted by Gasteiger charge is 2.18. The number of fused-ring (bicyclic) bond motifs is 1. The normalized spacial score (nSPS) is 10.4. The number of aromatic nitrogens is 1. The first-order valence-corrected chi connectivity index (χ1v) is 5.07. The van der Waals surface area contributed by atoms with E-state index in [4.69, 9.17) is 5.84 Å². The Labute approximate surface area is 105 Å². The van der Waals surface area contributed by atoms with Crippen molar-refractivity contribution in [2.24, 2.45) is 5.84 Å². The minimum Gasteiger partial charge on any atom is -0.504 e. The molecule has 0 unspecified atom stereocenters. The summed E-state index contributed by atoms with van der Waals surface area (Å²) in [5, 5.41) is 18.7. The molecule has 0 radical (unpaired) electrons. The van der Waals surface area contributed by atoms with Crippen molar-refractivity contribution < 1.29 is 19.8 Å². The van der Waals surface area contributed by atoms with E-state index < -0.39 is 28.4 Å². The average Bonchev–Trinajstić information content (AvgIpc) is 2.40. The number of carbonyl (C=O) groups is 2. The number of pyridine rings is 1. The minimum absolute atomic E-state index is 0.0361. The molecule has 0 saturated heterocycles. The molecule has 1 aromatic carbocycles. The zero-order valence-corrected chi connectivity index (χ0v) is 9.43. The number of hydrogen-bond acceptors (Lipinski definition) is 6. The van der Waals surface area contributed by atoms with Crippen molar-refractivity contribution in [2.45, 2.75) is 0 Å². The first kappa shape index (κ1) is 12.6. The van der Waals surface area contributed by atoms with Gasteiger partial charge in [0, 0.05) is 6.07 Å². The van der Waals surface area contributed by atoms with E-state index in [1.54, 1.807) is 5.43 Å². The Bertz CT molecular complexity index is 750. The number of hydrazine groups is 1. The van der Waals surface area contributed by atoms with Crippen molar-refractivity contribution in [1.29, 1.82) is 0 Å². The van der Waals surface area contributed by atoms with Crippen molar-refractivity contribution in [3.8, 4) is 11.5 Å². The number of hydrogen-bond donors (Lipinski definition) is 5. The summed E-state index contributed by atoms with van der Waals surface area (Å²) in [6, 6.07) is 2.06. The summed E-state index contributed by atoms with van der Waals surface area (Å²) in [6.45, 7) is 0. The summed E-state index contributed by atoms with van der Waals surface area (Å²) < 4.78 is 0. The van der Waals surface area contributed by atoms with Gasteiger partial charge in [-0.05, 0) is 6.07 Å². The number of carbonyl (C=O) groups excluding carboxylic acids is 2. The molecule has 1 heterocycles. The van der Waals surface area contributed by atoms with Crippen LogP contribution >= 0.6 is 0 Å². The Morgan fingerprint density at radius 3 is 2.53 bits per heavy atom. The Hall–Kier alpha value is -2.87. The van der Waals surface area contributed by atoms with Crippen LogP contribution in [0.15, 0.2) is 16.9 Å². The smallest absolute Gasteiger partial charge is 0.282 e. The van der Waals surface area contributed by atoms with Gasteiger partial charge in [0.15, 0.2) is 17.8 Å². The van der Waals surface area contributed by atoms with Gasteiger partial charge in [-0.2, -0.15) is 0 Å². The minimum atomic E-state index is -0.853. The standard InChI is InChI=1S/C11H9N3O5/c12-14-11(19)9-5(3-15)10(18)4-1-7(16)8(17)2-6(4)13-9/h1-3,16-17H,12H2,(H,13,18)(H,14,19). The number of rotatable bonds is 2. The Kier molecular flexibility index (Phi) is 2.93. The van der Waals surface area contributed by atoms with E-state index in [1.165, 1.54) is 0 Å². The van der Waals surface area contributed by atoms with Gasteiger partial charge in [-0.1, -0.05) is 0 Å². The van der Waals surface area contributed by atoms with E-state index in [0.29, 0.717) is 0 Å².